The number of carbonyl (C=O) groups excluding carboxylic acids is 1. The second-order valence-corrected chi connectivity index (χ2v) is 8.56. The van der Waals surface area contributed by atoms with Crippen molar-refractivity contribution in [1.82, 2.24) is 0 Å². The van der Waals surface area contributed by atoms with E-state index in [0.29, 0.717) is 27.1 Å². The second kappa shape index (κ2) is 9.59. The third kappa shape index (κ3) is 5.60. The van der Waals surface area contributed by atoms with Crippen LogP contribution in [0.2, 0.25) is 10.0 Å². The minimum absolute atomic E-state index is 0.0452. The van der Waals surface area contributed by atoms with E-state index in [0.717, 1.165) is 11.3 Å². The molecule has 2 nitrogen and oxygen atoms in total. The number of benzene rings is 2. The van der Waals surface area contributed by atoms with Crippen molar-refractivity contribution in [3.05, 3.63) is 63.6 Å². The zero-order valence-corrected chi connectivity index (χ0v) is 17.5. The molecule has 0 fully saturated rings. The highest BCUT2D eigenvalue weighted by atomic mass is 35.5. The lowest BCUT2D eigenvalue weighted by atomic mass is 9.82. The van der Waals surface area contributed by atoms with Gasteiger partial charge < -0.3 is 0 Å². The van der Waals surface area contributed by atoms with Crippen LogP contribution in [0.3, 0.4) is 0 Å². The van der Waals surface area contributed by atoms with Gasteiger partial charge in [0, 0.05) is 26.4 Å². The molecule has 0 heterocycles. The van der Waals surface area contributed by atoms with Gasteiger partial charge in [-0.15, -0.1) is 0 Å². The van der Waals surface area contributed by atoms with E-state index in [9.17, 15) is 4.79 Å². The SMILES string of the molecule is CC(=O)C(c1c(Cl)cccc1Cl)C(C)CCC(=N)Sc1ccc(C)cc1. The van der Waals surface area contributed by atoms with Crippen LogP contribution in [0.25, 0.3) is 0 Å². The fraction of sp³-hybridized carbons (Fsp3) is 0.333. The Morgan fingerprint density at radius 2 is 1.69 bits per heavy atom. The van der Waals surface area contributed by atoms with Crippen LogP contribution >= 0.6 is 35.0 Å². The molecule has 0 aliphatic rings. The summed E-state index contributed by atoms with van der Waals surface area (Å²) in [6.45, 7) is 5.64. The zero-order chi connectivity index (χ0) is 19.3. The van der Waals surface area contributed by atoms with Crippen molar-refractivity contribution in [1.29, 1.82) is 5.41 Å². The van der Waals surface area contributed by atoms with Crippen LogP contribution in [0, 0.1) is 18.3 Å². The topological polar surface area (TPSA) is 40.9 Å². The van der Waals surface area contributed by atoms with Crippen LogP contribution in [-0.4, -0.2) is 10.8 Å². The molecule has 0 aliphatic heterocycles. The van der Waals surface area contributed by atoms with Crippen molar-refractivity contribution in [2.75, 3.05) is 0 Å². The molecule has 0 bridgehead atoms. The average Bonchev–Trinajstić information content (AvgIpc) is 2.58. The normalized spacial score (nSPS) is 13.3. The van der Waals surface area contributed by atoms with Crippen LogP contribution in [0.4, 0.5) is 0 Å². The summed E-state index contributed by atoms with van der Waals surface area (Å²) in [7, 11) is 0. The lowest BCUT2D eigenvalue weighted by Crippen LogP contribution is -2.19. The van der Waals surface area contributed by atoms with Crippen molar-refractivity contribution >= 4 is 45.8 Å². The van der Waals surface area contributed by atoms with Crippen LogP contribution in [-0.2, 0) is 4.79 Å². The van der Waals surface area contributed by atoms with Crippen molar-refractivity contribution in [2.24, 2.45) is 5.92 Å². The van der Waals surface area contributed by atoms with Gasteiger partial charge in [0.15, 0.2) is 0 Å². The molecule has 2 aromatic carbocycles. The van der Waals surface area contributed by atoms with Crippen molar-refractivity contribution in [2.45, 2.75) is 44.4 Å². The molecule has 0 amide bonds. The predicted octanol–water partition coefficient (Wildman–Crippen LogP) is 7.16. The van der Waals surface area contributed by atoms with Crippen molar-refractivity contribution in [3.8, 4) is 0 Å². The Kier molecular flexibility index (Phi) is 7.75. The molecule has 2 unspecified atom stereocenters. The van der Waals surface area contributed by atoms with Crippen LogP contribution in [0.5, 0.6) is 0 Å². The summed E-state index contributed by atoms with van der Waals surface area (Å²) in [6, 6.07) is 13.5. The number of Topliss-reactive ketones (excluding diaryl/α,β-unsaturated/α-hetero) is 1. The molecule has 138 valence electrons. The third-order valence-corrected chi connectivity index (χ3v) is 6.02. The Bertz CT molecular complexity index is 769. The maximum Gasteiger partial charge on any atom is 0.137 e. The lowest BCUT2D eigenvalue weighted by Gasteiger charge is -2.24. The molecular formula is C21H23Cl2NOS. The Labute approximate surface area is 169 Å². The minimum Gasteiger partial charge on any atom is -0.299 e. The second-order valence-electron chi connectivity index (χ2n) is 6.58. The highest BCUT2D eigenvalue weighted by Crippen LogP contribution is 2.38. The summed E-state index contributed by atoms with van der Waals surface area (Å²) in [6.07, 6.45) is 1.34. The molecule has 0 saturated carbocycles. The number of rotatable bonds is 7. The van der Waals surface area contributed by atoms with E-state index in [4.69, 9.17) is 28.6 Å². The van der Waals surface area contributed by atoms with Crippen molar-refractivity contribution < 1.29 is 4.79 Å². The van der Waals surface area contributed by atoms with Gasteiger partial charge in [0.05, 0.1) is 5.04 Å². The molecule has 0 aromatic heterocycles. The quantitative estimate of drug-likeness (QED) is 0.300. The van der Waals surface area contributed by atoms with Gasteiger partial charge in [-0.1, -0.05) is 65.7 Å². The monoisotopic (exact) mass is 407 g/mol. The first-order valence-corrected chi connectivity index (χ1v) is 10.1. The molecule has 0 spiro atoms. The summed E-state index contributed by atoms with van der Waals surface area (Å²) in [5, 5.41) is 9.87. The maximum atomic E-state index is 12.3. The number of thioether (sulfide) groups is 1. The Morgan fingerprint density at radius 1 is 1.12 bits per heavy atom. The van der Waals surface area contributed by atoms with E-state index in [1.165, 1.54) is 17.3 Å². The Hall–Kier alpha value is -1.29. The van der Waals surface area contributed by atoms with Gasteiger partial charge in [-0.3, -0.25) is 10.2 Å². The van der Waals surface area contributed by atoms with Crippen molar-refractivity contribution in [3.63, 3.8) is 0 Å². The van der Waals surface area contributed by atoms with Gasteiger partial charge in [-0.2, -0.15) is 0 Å². The molecule has 2 atom stereocenters. The molecule has 2 aromatic rings. The van der Waals surface area contributed by atoms with E-state index in [1.807, 2.05) is 38.1 Å². The van der Waals surface area contributed by atoms with E-state index in [1.54, 1.807) is 25.1 Å². The summed E-state index contributed by atoms with van der Waals surface area (Å²) in [4.78, 5) is 13.3. The first-order chi connectivity index (χ1) is 12.3. The smallest absolute Gasteiger partial charge is 0.137 e. The zero-order valence-electron chi connectivity index (χ0n) is 15.2. The van der Waals surface area contributed by atoms with Crippen LogP contribution < -0.4 is 0 Å². The fourth-order valence-corrected chi connectivity index (χ4v) is 4.43. The Balaban J connectivity index is 2.04. The van der Waals surface area contributed by atoms with E-state index in [2.05, 4.69) is 0 Å². The number of hydrogen-bond donors (Lipinski definition) is 1. The van der Waals surface area contributed by atoms with E-state index >= 15 is 0 Å². The summed E-state index contributed by atoms with van der Waals surface area (Å²) in [5.74, 6) is -0.262. The van der Waals surface area contributed by atoms with Gasteiger partial charge in [-0.05, 0) is 56.9 Å². The molecule has 0 aliphatic carbocycles. The minimum atomic E-state index is -0.353. The van der Waals surface area contributed by atoms with Gasteiger partial charge in [0.1, 0.15) is 5.78 Å². The molecule has 0 saturated heterocycles. The highest BCUT2D eigenvalue weighted by Gasteiger charge is 2.28. The van der Waals surface area contributed by atoms with Gasteiger partial charge in [-0.25, -0.2) is 0 Å². The summed E-state index contributed by atoms with van der Waals surface area (Å²) < 4.78 is 0. The number of nitrogens with one attached hydrogen (secondary N) is 1. The van der Waals surface area contributed by atoms with Gasteiger partial charge in [0.2, 0.25) is 0 Å². The fourth-order valence-electron chi connectivity index (χ4n) is 3.02. The first-order valence-electron chi connectivity index (χ1n) is 8.56. The molecule has 5 heteroatoms. The summed E-state index contributed by atoms with van der Waals surface area (Å²) in [5.41, 5.74) is 1.91. The van der Waals surface area contributed by atoms with E-state index < -0.39 is 0 Å². The number of carbonyl (C=O) groups is 1. The number of halogens is 2. The summed E-state index contributed by atoms with van der Waals surface area (Å²) >= 11 is 14.1. The Morgan fingerprint density at radius 3 is 2.23 bits per heavy atom. The molecule has 0 radical (unpaired) electrons. The maximum absolute atomic E-state index is 12.3. The standard InChI is InChI=1S/C21H23Cl2NOS/c1-13-7-10-16(11-8-13)26-19(24)12-9-14(2)20(15(3)25)21-17(22)5-4-6-18(21)23/h4-8,10-11,14,20,24H,9,12H2,1-3H3. The average molecular weight is 408 g/mol. The highest BCUT2D eigenvalue weighted by molar-refractivity contribution is 8.13. The molecule has 1 N–H and O–H groups in total. The van der Waals surface area contributed by atoms with Gasteiger partial charge >= 0.3 is 0 Å². The third-order valence-electron chi connectivity index (χ3n) is 4.41. The predicted molar refractivity (Wildman–Crippen MR) is 113 cm³/mol. The molecule has 26 heavy (non-hydrogen) atoms. The number of ketones is 1. The van der Waals surface area contributed by atoms with Crippen LogP contribution in [0.15, 0.2) is 47.4 Å². The van der Waals surface area contributed by atoms with E-state index in [-0.39, 0.29) is 17.6 Å². The van der Waals surface area contributed by atoms with Crippen LogP contribution in [0.1, 0.15) is 43.7 Å². The number of hydrogen-bond acceptors (Lipinski definition) is 3. The number of aryl methyl sites for hydroxylation is 1. The largest absolute Gasteiger partial charge is 0.299 e. The van der Waals surface area contributed by atoms with Gasteiger partial charge in [0.25, 0.3) is 0 Å². The molecular weight excluding hydrogens is 385 g/mol. The first kappa shape index (κ1) is 21.0. The lowest BCUT2D eigenvalue weighted by molar-refractivity contribution is -0.119. The molecule has 2 rings (SSSR count).